The summed E-state index contributed by atoms with van der Waals surface area (Å²) in [6.45, 7) is 1.70. The van der Waals surface area contributed by atoms with Crippen molar-refractivity contribution in [2.24, 2.45) is 5.92 Å². The fourth-order valence-electron chi connectivity index (χ4n) is 6.59. The number of thiophene rings is 1. The van der Waals surface area contributed by atoms with Crippen molar-refractivity contribution in [3.8, 4) is 10.6 Å². The molecule has 6 heteroatoms. The molecule has 2 amide bonds. The van der Waals surface area contributed by atoms with Crippen LogP contribution < -0.4 is 4.90 Å². The van der Waals surface area contributed by atoms with E-state index in [0.29, 0.717) is 5.92 Å². The Morgan fingerprint density at radius 3 is 2.36 bits per heavy atom. The zero-order valence-electron chi connectivity index (χ0n) is 21.4. The number of rotatable bonds is 6. The minimum atomic E-state index is -0.0872. The van der Waals surface area contributed by atoms with Gasteiger partial charge in [0.05, 0.1) is 27.7 Å². The first kappa shape index (κ1) is 23.7. The molecule has 1 aliphatic heterocycles. The Hall–Kier alpha value is -2.70. The zero-order chi connectivity index (χ0) is 24.8. The molecule has 0 bridgehead atoms. The third-order valence-corrected chi connectivity index (χ3v) is 10.2. The molecule has 3 heterocycles. The van der Waals surface area contributed by atoms with E-state index in [1.807, 2.05) is 24.4 Å². The summed E-state index contributed by atoms with van der Waals surface area (Å²) in [6.07, 6.45) is 9.85. The normalized spacial score (nSPS) is 26.7. The van der Waals surface area contributed by atoms with Crippen LogP contribution in [0.4, 0.5) is 9.80 Å². The SMILES string of the molecule is CN(C)[C@]1(c2ccccc2)CC[C@@]2(CC1)CN(c1ccc(-c3ccccn3)s1)C(=O)N2CC1CCC1. The van der Waals surface area contributed by atoms with E-state index in [4.69, 9.17) is 0 Å². The summed E-state index contributed by atoms with van der Waals surface area (Å²) in [5.41, 5.74) is 2.31. The molecule has 6 rings (SSSR count). The number of nitrogens with zero attached hydrogens (tertiary/aromatic N) is 4. The molecule has 2 saturated carbocycles. The number of carbonyl (C=O) groups excluding carboxylic acids is 1. The summed E-state index contributed by atoms with van der Waals surface area (Å²) in [5.74, 6) is 0.660. The molecule has 1 aromatic carbocycles. The number of hydrogen-bond acceptors (Lipinski definition) is 4. The van der Waals surface area contributed by atoms with Crippen molar-refractivity contribution >= 4 is 22.4 Å². The van der Waals surface area contributed by atoms with Gasteiger partial charge in [-0.1, -0.05) is 42.8 Å². The summed E-state index contributed by atoms with van der Waals surface area (Å²) >= 11 is 1.68. The molecule has 3 fully saturated rings. The van der Waals surface area contributed by atoms with E-state index in [1.165, 1.54) is 24.8 Å². The highest BCUT2D eigenvalue weighted by Gasteiger charge is 2.55. The van der Waals surface area contributed by atoms with E-state index >= 15 is 0 Å². The van der Waals surface area contributed by atoms with E-state index in [2.05, 4.69) is 76.2 Å². The van der Waals surface area contributed by atoms with E-state index in [9.17, 15) is 4.79 Å². The molecule has 3 aliphatic rings. The van der Waals surface area contributed by atoms with Gasteiger partial charge in [-0.15, -0.1) is 11.3 Å². The second kappa shape index (κ2) is 9.31. The van der Waals surface area contributed by atoms with Gasteiger partial charge in [0.2, 0.25) is 0 Å². The summed E-state index contributed by atoms with van der Waals surface area (Å²) in [4.78, 5) is 26.4. The molecule has 1 saturated heterocycles. The van der Waals surface area contributed by atoms with Crippen molar-refractivity contribution in [2.45, 2.75) is 56.0 Å². The fraction of sp³-hybridized carbons (Fsp3) is 0.467. The first-order chi connectivity index (χ1) is 17.5. The number of benzene rings is 1. The highest BCUT2D eigenvalue weighted by Crippen LogP contribution is 2.51. The first-order valence-electron chi connectivity index (χ1n) is 13.3. The van der Waals surface area contributed by atoms with Crippen molar-refractivity contribution in [1.29, 1.82) is 0 Å². The van der Waals surface area contributed by atoms with Gasteiger partial charge in [-0.05, 0) is 88.4 Å². The van der Waals surface area contributed by atoms with Gasteiger partial charge >= 0.3 is 6.03 Å². The molecule has 0 N–H and O–H groups in total. The standard InChI is InChI=1S/C30H36N4OS/c1-32(2)30(24-11-4-3-5-12-24)18-16-29(17-19-30)22-33(28(35)34(29)21-23-9-8-10-23)27-15-14-26(36-27)25-13-6-7-20-31-25/h3-7,11-15,20,23H,8-10,16-19,21-22H2,1-2H3/t29-,30-. The Bertz CT molecular complexity index is 1200. The molecule has 0 unspecified atom stereocenters. The van der Waals surface area contributed by atoms with E-state index in [0.717, 1.165) is 54.3 Å². The maximum atomic E-state index is 14.0. The molecule has 0 radical (unpaired) electrons. The molecule has 1 spiro atoms. The van der Waals surface area contributed by atoms with Gasteiger partial charge in [0.15, 0.2) is 0 Å². The highest BCUT2D eigenvalue weighted by molar-refractivity contribution is 7.19. The van der Waals surface area contributed by atoms with Crippen LogP contribution in [0.5, 0.6) is 0 Å². The molecule has 3 aromatic rings. The van der Waals surface area contributed by atoms with Crippen LogP contribution >= 0.6 is 11.3 Å². The second-order valence-corrected chi connectivity index (χ2v) is 12.2. The maximum absolute atomic E-state index is 14.0. The summed E-state index contributed by atoms with van der Waals surface area (Å²) in [6, 6.07) is 21.4. The predicted molar refractivity (Wildman–Crippen MR) is 147 cm³/mol. The van der Waals surface area contributed by atoms with Gasteiger partial charge in [0.25, 0.3) is 0 Å². The lowest BCUT2D eigenvalue weighted by atomic mass is 9.68. The van der Waals surface area contributed by atoms with E-state index in [1.54, 1.807) is 11.3 Å². The number of pyridine rings is 1. The molecule has 188 valence electrons. The zero-order valence-corrected chi connectivity index (χ0v) is 22.2. The van der Waals surface area contributed by atoms with E-state index < -0.39 is 0 Å². The van der Waals surface area contributed by atoms with Crippen molar-refractivity contribution < 1.29 is 4.79 Å². The second-order valence-electron chi connectivity index (χ2n) is 11.1. The molecular formula is C30H36N4OS. The number of amides is 2. The van der Waals surface area contributed by atoms with Crippen molar-refractivity contribution in [3.05, 3.63) is 72.4 Å². The third kappa shape index (κ3) is 3.95. The molecule has 36 heavy (non-hydrogen) atoms. The van der Waals surface area contributed by atoms with Crippen molar-refractivity contribution in [1.82, 2.24) is 14.8 Å². The number of aromatic nitrogens is 1. The summed E-state index contributed by atoms with van der Waals surface area (Å²) in [5, 5.41) is 1.05. The Labute approximate surface area is 218 Å². The van der Waals surface area contributed by atoms with Crippen LogP contribution in [-0.4, -0.2) is 53.5 Å². The topological polar surface area (TPSA) is 39.7 Å². The summed E-state index contributed by atoms with van der Waals surface area (Å²) in [7, 11) is 4.43. The first-order valence-corrected chi connectivity index (χ1v) is 14.2. The van der Waals surface area contributed by atoms with Crippen LogP contribution in [0, 0.1) is 5.92 Å². The van der Waals surface area contributed by atoms with Gasteiger partial charge in [0.1, 0.15) is 0 Å². The van der Waals surface area contributed by atoms with Crippen LogP contribution in [0.15, 0.2) is 66.9 Å². The van der Waals surface area contributed by atoms with Gasteiger partial charge < -0.3 is 4.90 Å². The average molecular weight is 501 g/mol. The van der Waals surface area contributed by atoms with Gasteiger partial charge in [-0.25, -0.2) is 4.79 Å². The summed E-state index contributed by atoms with van der Waals surface area (Å²) < 4.78 is 0. The molecule has 5 nitrogen and oxygen atoms in total. The van der Waals surface area contributed by atoms with Gasteiger partial charge in [-0.3, -0.25) is 14.8 Å². The molecule has 2 aliphatic carbocycles. The number of hydrogen-bond donors (Lipinski definition) is 0. The van der Waals surface area contributed by atoms with Crippen LogP contribution in [0.1, 0.15) is 50.5 Å². The lowest BCUT2D eigenvalue weighted by Crippen LogP contribution is -2.56. The fourth-order valence-corrected chi connectivity index (χ4v) is 7.57. The van der Waals surface area contributed by atoms with Crippen molar-refractivity contribution in [3.63, 3.8) is 0 Å². The van der Waals surface area contributed by atoms with Gasteiger partial charge in [0, 0.05) is 18.3 Å². The van der Waals surface area contributed by atoms with Crippen LogP contribution in [-0.2, 0) is 5.54 Å². The Morgan fingerprint density at radius 1 is 0.972 bits per heavy atom. The number of anilines is 1. The smallest absolute Gasteiger partial charge is 0.317 e. The largest absolute Gasteiger partial charge is 0.325 e. The Balaban J connectivity index is 1.29. The lowest BCUT2D eigenvalue weighted by molar-refractivity contribution is 0.0172. The van der Waals surface area contributed by atoms with E-state index in [-0.39, 0.29) is 17.1 Å². The van der Waals surface area contributed by atoms with Crippen LogP contribution in [0.25, 0.3) is 10.6 Å². The average Bonchev–Trinajstić information content (AvgIpc) is 3.47. The molecular weight excluding hydrogens is 464 g/mol. The van der Waals surface area contributed by atoms with Crippen LogP contribution in [0.3, 0.4) is 0 Å². The Kier molecular flexibility index (Phi) is 6.12. The monoisotopic (exact) mass is 500 g/mol. The lowest BCUT2D eigenvalue weighted by Gasteiger charge is -2.51. The maximum Gasteiger partial charge on any atom is 0.325 e. The molecule has 0 atom stereocenters. The predicted octanol–water partition coefficient (Wildman–Crippen LogP) is 6.62. The van der Waals surface area contributed by atoms with Crippen LogP contribution in [0.2, 0.25) is 0 Å². The highest BCUT2D eigenvalue weighted by atomic mass is 32.1. The Morgan fingerprint density at radius 2 is 1.72 bits per heavy atom. The van der Waals surface area contributed by atoms with Gasteiger partial charge in [-0.2, -0.15) is 0 Å². The minimum Gasteiger partial charge on any atom is -0.317 e. The third-order valence-electron chi connectivity index (χ3n) is 9.10. The number of urea groups is 1. The quantitative estimate of drug-likeness (QED) is 0.382. The molecule has 2 aromatic heterocycles. The minimum absolute atomic E-state index is 0.0280. The number of carbonyl (C=O) groups is 1. The van der Waals surface area contributed by atoms with Crippen molar-refractivity contribution in [2.75, 3.05) is 32.1 Å².